The normalized spacial score (nSPS) is 14.1. The molecule has 6 heteroatoms. The predicted octanol–water partition coefficient (Wildman–Crippen LogP) is 5.85. The number of amides is 2. The van der Waals surface area contributed by atoms with Crippen molar-refractivity contribution in [3.63, 3.8) is 0 Å². The molecule has 0 radical (unpaired) electrons. The van der Waals surface area contributed by atoms with Crippen LogP contribution in [0.2, 0.25) is 5.02 Å². The minimum atomic E-state index is -1.12. The van der Waals surface area contributed by atoms with E-state index in [1.165, 1.54) is 0 Å². The van der Waals surface area contributed by atoms with E-state index in [-0.39, 0.29) is 29.7 Å². The summed E-state index contributed by atoms with van der Waals surface area (Å²) in [5.74, 6) is -0.819. The minimum Gasteiger partial charge on any atom is -0.347 e. The van der Waals surface area contributed by atoms with E-state index >= 15 is 0 Å². The molecular weight excluding hydrogens is 470 g/mol. The molecule has 1 unspecified atom stereocenters. The molecule has 5 nitrogen and oxygen atoms in total. The van der Waals surface area contributed by atoms with Gasteiger partial charge in [-0.15, -0.1) is 0 Å². The van der Waals surface area contributed by atoms with E-state index in [2.05, 4.69) is 22.8 Å². The van der Waals surface area contributed by atoms with Crippen LogP contribution in [-0.4, -0.2) is 23.4 Å². The van der Waals surface area contributed by atoms with Crippen LogP contribution >= 0.6 is 11.6 Å². The molecule has 0 aliphatic carbocycles. The lowest BCUT2D eigenvalue weighted by molar-refractivity contribution is -0.132. The lowest BCUT2D eigenvalue weighted by atomic mass is 9.89. The monoisotopic (exact) mass is 505 g/mol. The molecular formula is C30H36ClN3O2. The Labute approximate surface area is 219 Å². The fourth-order valence-corrected chi connectivity index (χ4v) is 4.22. The van der Waals surface area contributed by atoms with Crippen LogP contribution in [0.3, 0.4) is 0 Å². The van der Waals surface area contributed by atoms with E-state index in [1.807, 2.05) is 87.5 Å². The Morgan fingerprint density at radius 3 is 1.83 bits per heavy atom. The molecule has 3 aromatic rings. The number of hydrogen-bond donors (Lipinski definition) is 3. The number of hydrogen-bond acceptors (Lipinski definition) is 3. The summed E-state index contributed by atoms with van der Waals surface area (Å²) in [6.07, 6.45) is 0. The van der Waals surface area contributed by atoms with Gasteiger partial charge in [0, 0.05) is 10.9 Å². The van der Waals surface area contributed by atoms with Gasteiger partial charge in [-0.25, -0.2) is 0 Å². The fourth-order valence-electron chi connectivity index (χ4n) is 4.10. The SMILES string of the molecule is CC(C)C(NC(=O)[C@@H](NC(=O)C(C)(C)N)[C@@H](C)c1ccc(-c2ccccc2)cc1)c1ccc(Cl)cc1. The second kappa shape index (κ2) is 11.7. The van der Waals surface area contributed by atoms with Crippen LogP contribution in [0.1, 0.15) is 57.7 Å². The molecule has 36 heavy (non-hydrogen) atoms. The molecule has 2 amide bonds. The highest BCUT2D eigenvalue weighted by atomic mass is 35.5. The molecule has 0 spiro atoms. The van der Waals surface area contributed by atoms with Crippen molar-refractivity contribution >= 4 is 23.4 Å². The summed E-state index contributed by atoms with van der Waals surface area (Å²) in [7, 11) is 0. The van der Waals surface area contributed by atoms with Gasteiger partial charge in [0.1, 0.15) is 6.04 Å². The topological polar surface area (TPSA) is 84.2 Å². The maximum absolute atomic E-state index is 13.7. The predicted molar refractivity (Wildman–Crippen MR) is 148 cm³/mol. The van der Waals surface area contributed by atoms with E-state index in [4.69, 9.17) is 17.3 Å². The Hall–Kier alpha value is -3.15. The highest BCUT2D eigenvalue weighted by Crippen LogP contribution is 2.27. The van der Waals surface area contributed by atoms with Crippen molar-refractivity contribution < 1.29 is 9.59 Å². The first-order valence-corrected chi connectivity index (χ1v) is 12.7. The van der Waals surface area contributed by atoms with Gasteiger partial charge in [0.2, 0.25) is 11.8 Å². The Kier molecular flexibility index (Phi) is 8.93. The Morgan fingerprint density at radius 2 is 1.31 bits per heavy atom. The van der Waals surface area contributed by atoms with Crippen LogP contribution in [0.15, 0.2) is 78.9 Å². The molecule has 3 atom stereocenters. The number of benzene rings is 3. The molecule has 0 saturated heterocycles. The fraction of sp³-hybridized carbons (Fsp3) is 0.333. The van der Waals surface area contributed by atoms with Crippen molar-refractivity contribution in [2.45, 2.75) is 58.2 Å². The summed E-state index contributed by atoms with van der Waals surface area (Å²) in [6.45, 7) is 9.28. The quantitative estimate of drug-likeness (QED) is 0.341. The molecule has 0 fully saturated rings. The Bertz CT molecular complexity index is 1150. The van der Waals surface area contributed by atoms with Crippen LogP contribution in [0.5, 0.6) is 0 Å². The van der Waals surface area contributed by atoms with Crippen LogP contribution < -0.4 is 16.4 Å². The zero-order valence-electron chi connectivity index (χ0n) is 21.6. The van der Waals surface area contributed by atoms with Crippen LogP contribution in [0, 0.1) is 5.92 Å². The van der Waals surface area contributed by atoms with Crippen molar-refractivity contribution in [1.29, 1.82) is 0 Å². The van der Waals surface area contributed by atoms with Gasteiger partial charge in [-0.3, -0.25) is 9.59 Å². The van der Waals surface area contributed by atoms with Gasteiger partial charge in [0.15, 0.2) is 0 Å². The van der Waals surface area contributed by atoms with Crippen molar-refractivity contribution in [1.82, 2.24) is 10.6 Å². The van der Waals surface area contributed by atoms with Gasteiger partial charge >= 0.3 is 0 Å². The van der Waals surface area contributed by atoms with Crippen LogP contribution in [0.4, 0.5) is 0 Å². The van der Waals surface area contributed by atoms with E-state index < -0.39 is 11.6 Å². The summed E-state index contributed by atoms with van der Waals surface area (Å²) in [4.78, 5) is 26.5. The van der Waals surface area contributed by atoms with Crippen molar-refractivity contribution in [2.75, 3.05) is 0 Å². The zero-order chi connectivity index (χ0) is 26.5. The molecule has 0 bridgehead atoms. The second-order valence-corrected chi connectivity index (χ2v) is 10.7. The molecule has 4 N–H and O–H groups in total. The molecule has 0 saturated carbocycles. The summed E-state index contributed by atoms with van der Waals surface area (Å²) < 4.78 is 0. The van der Waals surface area contributed by atoms with Gasteiger partial charge in [0.05, 0.1) is 11.6 Å². The average Bonchev–Trinajstić information content (AvgIpc) is 2.85. The molecule has 0 heterocycles. The van der Waals surface area contributed by atoms with Gasteiger partial charge in [0.25, 0.3) is 0 Å². The summed E-state index contributed by atoms with van der Waals surface area (Å²) >= 11 is 6.06. The number of carbonyl (C=O) groups is 2. The molecule has 3 aromatic carbocycles. The largest absolute Gasteiger partial charge is 0.347 e. The lowest BCUT2D eigenvalue weighted by Crippen LogP contribution is -2.57. The summed E-state index contributed by atoms with van der Waals surface area (Å²) in [5.41, 5.74) is 9.02. The molecule has 0 aliphatic heterocycles. The van der Waals surface area contributed by atoms with E-state index in [0.29, 0.717) is 5.02 Å². The van der Waals surface area contributed by atoms with Crippen LogP contribution in [-0.2, 0) is 9.59 Å². The second-order valence-electron chi connectivity index (χ2n) is 10.2. The first-order valence-electron chi connectivity index (χ1n) is 12.3. The van der Waals surface area contributed by atoms with Gasteiger partial charge in [-0.05, 0) is 54.2 Å². The smallest absolute Gasteiger partial charge is 0.243 e. The Morgan fingerprint density at radius 1 is 0.778 bits per heavy atom. The van der Waals surface area contributed by atoms with E-state index in [9.17, 15) is 9.59 Å². The van der Waals surface area contributed by atoms with E-state index in [1.54, 1.807) is 13.8 Å². The molecule has 0 aromatic heterocycles. The summed E-state index contributed by atoms with van der Waals surface area (Å²) in [6, 6.07) is 24.6. The van der Waals surface area contributed by atoms with Gasteiger partial charge in [-0.2, -0.15) is 0 Å². The van der Waals surface area contributed by atoms with Gasteiger partial charge < -0.3 is 16.4 Å². The first-order chi connectivity index (χ1) is 17.0. The maximum atomic E-state index is 13.7. The lowest BCUT2D eigenvalue weighted by Gasteiger charge is -2.31. The van der Waals surface area contributed by atoms with Crippen molar-refractivity contribution in [3.05, 3.63) is 95.0 Å². The average molecular weight is 506 g/mol. The maximum Gasteiger partial charge on any atom is 0.243 e. The highest BCUT2D eigenvalue weighted by Gasteiger charge is 2.33. The van der Waals surface area contributed by atoms with Crippen molar-refractivity contribution in [3.8, 4) is 11.1 Å². The third-order valence-corrected chi connectivity index (χ3v) is 6.64. The van der Waals surface area contributed by atoms with Crippen LogP contribution in [0.25, 0.3) is 11.1 Å². The number of rotatable bonds is 9. The third-order valence-electron chi connectivity index (χ3n) is 6.39. The standard InChI is InChI=1S/C30H36ClN3O2/c1-19(2)26(24-15-17-25(31)18-16-24)33-28(35)27(34-29(36)30(4,5)32)20(3)21-11-13-23(14-12-21)22-9-7-6-8-10-22/h6-20,26-27H,32H2,1-5H3,(H,33,35)(H,34,36)/t20-,26?,27-/m0/s1. The number of carbonyl (C=O) groups excluding carboxylic acids is 2. The summed E-state index contributed by atoms with van der Waals surface area (Å²) in [5, 5.41) is 6.70. The Balaban J connectivity index is 1.88. The molecule has 190 valence electrons. The van der Waals surface area contributed by atoms with Crippen molar-refractivity contribution in [2.24, 2.45) is 11.7 Å². The van der Waals surface area contributed by atoms with Gasteiger partial charge in [-0.1, -0.05) is 99.1 Å². The number of nitrogens with one attached hydrogen (secondary N) is 2. The first kappa shape index (κ1) is 27.4. The zero-order valence-corrected chi connectivity index (χ0v) is 22.3. The minimum absolute atomic E-state index is 0.123. The number of nitrogens with two attached hydrogens (primary N) is 1. The van der Waals surface area contributed by atoms with E-state index in [0.717, 1.165) is 22.3 Å². The molecule has 3 rings (SSSR count). The number of halogens is 1. The third kappa shape index (κ3) is 6.96. The molecule has 0 aliphatic rings. The highest BCUT2D eigenvalue weighted by molar-refractivity contribution is 6.30.